The summed E-state index contributed by atoms with van der Waals surface area (Å²) in [4.78, 5) is 0.137. The molecule has 1 rings (SSSR count). The summed E-state index contributed by atoms with van der Waals surface area (Å²) in [6, 6.07) is 8.56. The Balaban J connectivity index is 2.80. The van der Waals surface area contributed by atoms with Gasteiger partial charge >= 0.3 is 94.2 Å². The molecular formula is C42H104O16SSi13. The molecule has 0 aromatic heterocycles. The van der Waals surface area contributed by atoms with E-state index in [4.69, 9.17) is 58.3 Å². The molecule has 30 heteroatoms. The highest BCUT2D eigenvalue weighted by Crippen LogP contribution is 2.33. The van der Waals surface area contributed by atoms with Crippen molar-refractivity contribution in [1.29, 1.82) is 0 Å². The van der Waals surface area contributed by atoms with Gasteiger partial charge in [0.2, 0.25) is 0 Å². The number of unbranched alkanes of at least 4 members (excludes halogenated alkanes) is 1. The minimum Gasteiger partial charge on any atom is -0.436 e. The predicted molar refractivity (Wildman–Crippen MR) is 325 cm³/mol. The number of benzene rings is 1. The Hall–Kier alpha value is 1.43. The van der Waals surface area contributed by atoms with Crippen LogP contribution >= 0.6 is 0 Å². The van der Waals surface area contributed by atoms with Crippen molar-refractivity contribution in [3.8, 4) is 0 Å². The molecule has 0 amide bonds. The maximum atomic E-state index is 12.5. The number of hydrogen-bond acceptors (Lipinski definition) is 16. The second-order valence-electron chi connectivity index (χ2n) is 25.1. The second-order valence-corrected chi connectivity index (χ2v) is 75.3. The van der Waals surface area contributed by atoms with Crippen LogP contribution in [0.25, 0.3) is 0 Å². The maximum Gasteiger partial charge on any atom is 0.314 e. The number of aryl methyl sites for hydroxylation is 1. The number of rotatable bonds is 36. The Bertz CT molecular complexity index is 1930. The van der Waals surface area contributed by atoms with Gasteiger partial charge in [-0.05, 0) is 208 Å². The maximum absolute atomic E-state index is 12.5. The Kier molecular flexibility index (Phi) is 26.6. The zero-order chi connectivity index (χ0) is 56.5. The molecule has 0 aliphatic rings. The lowest BCUT2D eigenvalue weighted by Crippen LogP contribution is -2.63. The molecule has 0 bridgehead atoms. The highest BCUT2D eigenvalue weighted by molar-refractivity contribution is 7.86. The Morgan fingerprint density at radius 2 is 0.597 bits per heavy atom. The summed E-state index contributed by atoms with van der Waals surface area (Å²) in [6.45, 7) is 59.3. The molecule has 0 atom stereocenters. The van der Waals surface area contributed by atoms with Gasteiger partial charge in [-0.3, -0.25) is 4.18 Å². The van der Waals surface area contributed by atoms with Crippen LogP contribution in [-0.4, -0.2) is 139 Å². The quantitative estimate of drug-likeness (QED) is 0.0354. The van der Waals surface area contributed by atoms with Gasteiger partial charge in [0.25, 0.3) is 10.1 Å². The summed E-state index contributed by atoms with van der Waals surface area (Å²) >= 11 is 0. The molecule has 0 fully saturated rings. The predicted octanol–water partition coefficient (Wildman–Crippen LogP) is 13.2. The van der Waals surface area contributed by atoms with E-state index in [0.29, 0.717) is 6.61 Å². The fourth-order valence-corrected chi connectivity index (χ4v) is 77.7. The molecule has 16 nitrogen and oxygen atoms in total. The lowest BCUT2D eigenvalue weighted by Gasteiger charge is -2.45. The fourth-order valence-electron chi connectivity index (χ4n) is 9.86. The SMILES string of the molecule is CCCC[Si](C)(C)O[Si](C)(C)O[Si](C)(C)O[Si](C)(C)O[Si](C)(C)O[Si](C)(C)O[Si](C)(C)O[Si](C)(C)O[Si](C)(C)O[Si](C)(C)O[Si](C)(C)O[Si](C)(C)O[Si](C)(C)CCCOCCOS(=O)(=O)c1ccc(C)cc1. The van der Waals surface area contributed by atoms with Crippen molar-refractivity contribution in [2.24, 2.45) is 0 Å². The van der Waals surface area contributed by atoms with Crippen molar-refractivity contribution >= 4 is 121 Å². The lowest BCUT2D eigenvalue weighted by atomic mass is 10.2. The zero-order valence-electron chi connectivity index (χ0n) is 50.4. The summed E-state index contributed by atoms with van der Waals surface area (Å²) in [6.07, 6.45) is 3.11. The summed E-state index contributed by atoms with van der Waals surface area (Å²) in [5.74, 6) is 0. The van der Waals surface area contributed by atoms with Gasteiger partial charge in [0.05, 0.1) is 18.1 Å². The van der Waals surface area contributed by atoms with Gasteiger partial charge in [0.15, 0.2) is 16.6 Å². The third-order valence-corrected chi connectivity index (χ3v) is 62.1. The van der Waals surface area contributed by atoms with E-state index in [1.165, 1.54) is 6.42 Å². The van der Waals surface area contributed by atoms with Crippen LogP contribution in [0.4, 0.5) is 0 Å². The number of ether oxygens (including phenoxy) is 1. The average molecular weight is 1260 g/mol. The van der Waals surface area contributed by atoms with E-state index < -0.39 is 121 Å². The van der Waals surface area contributed by atoms with E-state index in [9.17, 15) is 8.42 Å². The highest BCUT2D eigenvalue weighted by Gasteiger charge is 2.52. The Morgan fingerprint density at radius 3 is 0.861 bits per heavy atom. The minimum absolute atomic E-state index is 0.0462. The molecule has 0 unspecified atom stereocenters. The monoisotopic (exact) mass is 1260 g/mol. The van der Waals surface area contributed by atoms with Crippen molar-refractivity contribution in [3.63, 3.8) is 0 Å². The van der Waals surface area contributed by atoms with Crippen LogP contribution in [0.15, 0.2) is 29.2 Å². The molecule has 0 saturated carbocycles. The zero-order valence-corrected chi connectivity index (χ0v) is 64.2. The molecule has 1 aromatic carbocycles. The van der Waals surface area contributed by atoms with E-state index in [1.807, 2.05) is 6.92 Å². The van der Waals surface area contributed by atoms with E-state index in [-0.39, 0.29) is 18.1 Å². The van der Waals surface area contributed by atoms with Crippen molar-refractivity contribution in [2.75, 3.05) is 19.8 Å². The van der Waals surface area contributed by atoms with Crippen LogP contribution in [0.2, 0.25) is 182 Å². The van der Waals surface area contributed by atoms with Crippen LogP contribution < -0.4 is 0 Å². The molecule has 0 aliphatic carbocycles. The summed E-state index contributed by atoms with van der Waals surface area (Å²) in [7, 11) is -37.8. The molecule has 1 aromatic rings. The van der Waals surface area contributed by atoms with Gasteiger partial charge in [-0.15, -0.1) is 0 Å². The van der Waals surface area contributed by atoms with E-state index in [1.54, 1.807) is 24.3 Å². The van der Waals surface area contributed by atoms with E-state index in [0.717, 1.165) is 30.5 Å². The first-order chi connectivity index (χ1) is 31.8. The third-order valence-electron chi connectivity index (χ3n) is 9.94. The van der Waals surface area contributed by atoms with Crippen LogP contribution in [-0.2, 0) is 68.4 Å². The molecule has 0 radical (unpaired) electrons. The smallest absolute Gasteiger partial charge is 0.314 e. The van der Waals surface area contributed by atoms with Crippen LogP contribution in [0, 0.1) is 6.92 Å². The first kappa shape index (κ1) is 71.4. The molecule has 426 valence electrons. The fraction of sp³-hybridized carbons (Fsp3) is 0.857. The standard InChI is InChI=1S/C42H104O16SSi13/c1-29-30-39-60(3,4)47-62(7,8)49-64(11,12)51-66(15,16)53-68(19,20)55-70(23,24)57-72(27,28)58-71(25,26)56-69(21,22)54-67(17,18)52-65(13,14)50-63(9,10)48-61(5,6)40-31-36-45-37-38-46-59(43,44)42-34-32-41(2)33-35-42/h32-35H,29-31,36-40H2,1-28H3. The van der Waals surface area contributed by atoms with Gasteiger partial charge in [-0.1, -0.05) is 37.5 Å². The average Bonchev–Trinajstić information content (AvgIpc) is 3.03. The van der Waals surface area contributed by atoms with E-state index in [2.05, 4.69) is 177 Å². The summed E-state index contributed by atoms with van der Waals surface area (Å²) in [5, 5.41) is 0. The largest absolute Gasteiger partial charge is 0.436 e. The third kappa shape index (κ3) is 31.3. The number of hydrogen-bond donors (Lipinski definition) is 0. The van der Waals surface area contributed by atoms with Crippen molar-refractivity contribution < 1.29 is 66.7 Å². The second kappa shape index (κ2) is 26.8. The van der Waals surface area contributed by atoms with Crippen molar-refractivity contribution in [1.82, 2.24) is 0 Å². The van der Waals surface area contributed by atoms with Crippen LogP contribution in [0.1, 0.15) is 31.7 Å². The first-order valence-corrected chi connectivity index (χ1v) is 64.3. The molecule has 0 N–H and O–H groups in total. The minimum atomic E-state index is -3.82. The van der Waals surface area contributed by atoms with Crippen molar-refractivity contribution in [3.05, 3.63) is 29.8 Å². The van der Waals surface area contributed by atoms with Gasteiger partial charge in [0.1, 0.15) is 0 Å². The summed E-state index contributed by atoms with van der Waals surface area (Å²) in [5.41, 5.74) is 0.978. The van der Waals surface area contributed by atoms with Gasteiger partial charge in [-0.25, -0.2) is 0 Å². The van der Waals surface area contributed by atoms with Crippen molar-refractivity contribution in [2.45, 2.75) is 220 Å². The van der Waals surface area contributed by atoms with Crippen LogP contribution in [0.5, 0.6) is 0 Å². The van der Waals surface area contributed by atoms with Crippen LogP contribution in [0.3, 0.4) is 0 Å². The lowest BCUT2D eigenvalue weighted by molar-refractivity contribution is 0.102. The topological polar surface area (TPSA) is 163 Å². The van der Waals surface area contributed by atoms with Gasteiger partial charge < -0.3 is 54.1 Å². The normalized spacial score (nSPS) is 15.2. The molecule has 0 aliphatic heterocycles. The van der Waals surface area contributed by atoms with Gasteiger partial charge in [0, 0.05) is 6.61 Å². The highest BCUT2D eigenvalue weighted by atomic mass is 32.2. The Labute approximate surface area is 454 Å². The molecule has 72 heavy (non-hydrogen) atoms. The summed E-state index contributed by atoms with van der Waals surface area (Å²) < 4.78 is 118. The van der Waals surface area contributed by atoms with Gasteiger partial charge in [-0.2, -0.15) is 8.42 Å². The molecular weight excluding hydrogens is 1160 g/mol. The van der Waals surface area contributed by atoms with E-state index >= 15 is 0 Å². The Morgan fingerprint density at radius 1 is 0.347 bits per heavy atom. The molecule has 0 saturated heterocycles. The molecule has 0 spiro atoms. The first-order valence-electron chi connectivity index (χ1n) is 25.7. The molecule has 0 heterocycles.